The van der Waals surface area contributed by atoms with Crippen molar-refractivity contribution in [1.29, 1.82) is 0 Å². The summed E-state index contributed by atoms with van der Waals surface area (Å²) < 4.78 is 72.2. The zero-order chi connectivity index (χ0) is 23.2. The topological polar surface area (TPSA) is 9.23 Å². The fraction of sp³-hybridized carbons (Fsp3) is 0.500. The second kappa shape index (κ2) is 10.6. The van der Waals surface area contributed by atoms with Crippen LogP contribution in [0.5, 0.6) is 0 Å². The van der Waals surface area contributed by atoms with Crippen molar-refractivity contribution >= 4 is 0 Å². The highest BCUT2D eigenvalue weighted by molar-refractivity contribution is 5.35. The molecule has 2 rings (SSSR count). The van der Waals surface area contributed by atoms with Crippen LogP contribution in [0.1, 0.15) is 41.2 Å². The van der Waals surface area contributed by atoms with E-state index in [4.69, 9.17) is 4.74 Å². The fourth-order valence-electron chi connectivity index (χ4n) is 3.78. The first-order valence-electron chi connectivity index (χ1n) is 10.4. The summed E-state index contributed by atoms with van der Waals surface area (Å²) in [6, 6.07) is 9.59. The average molecular weight is 445 g/mol. The Morgan fingerprint density at radius 3 is 2.03 bits per heavy atom. The van der Waals surface area contributed by atoms with Crippen LogP contribution in [-0.2, 0) is 11.2 Å². The lowest BCUT2D eigenvalue weighted by Gasteiger charge is -2.35. The number of halogens is 5. The smallest absolute Gasteiger partial charge is 0.368 e. The molecule has 0 amide bonds. The van der Waals surface area contributed by atoms with Crippen molar-refractivity contribution in [3.05, 3.63) is 70.3 Å². The summed E-state index contributed by atoms with van der Waals surface area (Å²) in [7, 11) is 3.51. The van der Waals surface area contributed by atoms with Gasteiger partial charge < -0.3 is 9.22 Å². The van der Waals surface area contributed by atoms with Crippen molar-refractivity contribution in [3.63, 3.8) is 0 Å². The molecule has 0 bridgehead atoms. The molecule has 1 atom stereocenters. The summed E-state index contributed by atoms with van der Waals surface area (Å²) in [5.41, 5.74) is 2.98. The van der Waals surface area contributed by atoms with Crippen LogP contribution in [0.2, 0.25) is 0 Å². The molecule has 0 saturated heterocycles. The molecule has 0 aliphatic carbocycles. The molecule has 2 nitrogen and oxygen atoms in total. The first kappa shape index (κ1) is 25.3. The Hall–Kier alpha value is -1.99. The maximum absolute atomic E-state index is 13.8. The number of aryl methyl sites for hydroxylation is 2. The minimum Gasteiger partial charge on any atom is -0.368 e. The van der Waals surface area contributed by atoms with Gasteiger partial charge in [0.1, 0.15) is 24.3 Å². The molecule has 0 radical (unpaired) electrons. The lowest BCUT2D eigenvalue weighted by molar-refractivity contribution is -0.895. The van der Waals surface area contributed by atoms with Gasteiger partial charge in [0.15, 0.2) is 0 Å². The standard InChI is InChI=1S/C24H31F5NO/c1-17-8-5-9-18(2)23(17)22(16-30(3,4)14-13-24(27,28)29)31-15-7-10-19-20(25)11-6-12-21(19)26/h5-6,8-9,11-12,22H,7,10,13-16H2,1-4H3/q+1. The molecular weight excluding hydrogens is 413 g/mol. The second-order valence-electron chi connectivity index (χ2n) is 8.68. The molecule has 0 aromatic heterocycles. The minimum atomic E-state index is -4.21. The van der Waals surface area contributed by atoms with Gasteiger partial charge >= 0.3 is 6.18 Å². The SMILES string of the molecule is Cc1cccc(C)c1C(C[N+](C)(C)CCC(F)(F)F)OCCCc1c(F)cccc1F. The van der Waals surface area contributed by atoms with Crippen molar-refractivity contribution in [2.75, 3.05) is 33.8 Å². The Kier molecular flexibility index (Phi) is 8.60. The number of likely N-dealkylation sites (N-methyl/N-ethyl adjacent to an activating group) is 1. The van der Waals surface area contributed by atoms with Crippen LogP contribution in [0, 0.1) is 25.5 Å². The zero-order valence-electron chi connectivity index (χ0n) is 18.5. The maximum Gasteiger partial charge on any atom is 0.394 e. The highest BCUT2D eigenvalue weighted by atomic mass is 19.4. The molecule has 0 heterocycles. The van der Waals surface area contributed by atoms with Gasteiger partial charge in [0.25, 0.3) is 0 Å². The number of benzene rings is 2. The van der Waals surface area contributed by atoms with Gasteiger partial charge in [0.05, 0.1) is 27.1 Å². The van der Waals surface area contributed by atoms with Gasteiger partial charge in [0.2, 0.25) is 0 Å². The molecule has 0 N–H and O–H groups in total. The summed E-state index contributed by atoms with van der Waals surface area (Å²) in [4.78, 5) is 0. The van der Waals surface area contributed by atoms with Crippen LogP contribution in [0.4, 0.5) is 22.0 Å². The highest BCUT2D eigenvalue weighted by Gasteiger charge is 2.33. The Labute approximate surface area is 181 Å². The van der Waals surface area contributed by atoms with Crippen LogP contribution in [-0.4, -0.2) is 44.5 Å². The maximum atomic E-state index is 13.8. The van der Waals surface area contributed by atoms with E-state index in [1.54, 1.807) is 14.1 Å². The predicted molar refractivity (Wildman–Crippen MR) is 112 cm³/mol. The summed E-state index contributed by atoms with van der Waals surface area (Å²) in [5.74, 6) is -1.17. The molecule has 0 fully saturated rings. The van der Waals surface area contributed by atoms with E-state index in [0.29, 0.717) is 13.0 Å². The number of nitrogens with zero attached hydrogens (tertiary/aromatic N) is 1. The van der Waals surface area contributed by atoms with E-state index in [1.807, 2.05) is 32.0 Å². The van der Waals surface area contributed by atoms with E-state index in [9.17, 15) is 22.0 Å². The largest absolute Gasteiger partial charge is 0.394 e. The van der Waals surface area contributed by atoms with E-state index in [2.05, 4.69) is 0 Å². The van der Waals surface area contributed by atoms with E-state index in [1.165, 1.54) is 18.2 Å². The molecular formula is C24H31F5NO+. The molecule has 0 saturated carbocycles. The third-order valence-electron chi connectivity index (χ3n) is 5.48. The predicted octanol–water partition coefficient (Wildman–Crippen LogP) is 6.30. The summed E-state index contributed by atoms with van der Waals surface area (Å²) in [5, 5.41) is 0. The second-order valence-corrected chi connectivity index (χ2v) is 8.68. The quantitative estimate of drug-likeness (QED) is 0.237. The van der Waals surface area contributed by atoms with Crippen LogP contribution in [0.15, 0.2) is 36.4 Å². The minimum absolute atomic E-state index is 0.0241. The first-order valence-corrected chi connectivity index (χ1v) is 10.4. The first-order chi connectivity index (χ1) is 14.4. The van der Waals surface area contributed by atoms with Crippen LogP contribution in [0.3, 0.4) is 0 Å². The molecule has 0 spiro atoms. The van der Waals surface area contributed by atoms with Gasteiger partial charge in [-0.25, -0.2) is 8.78 Å². The van der Waals surface area contributed by atoms with E-state index in [-0.39, 0.29) is 29.6 Å². The van der Waals surface area contributed by atoms with Crippen LogP contribution < -0.4 is 0 Å². The molecule has 7 heteroatoms. The molecule has 2 aromatic rings. The Morgan fingerprint density at radius 1 is 0.935 bits per heavy atom. The number of alkyl halides is 3. The number of hydrogen-bond acceptors (Lipinski definition) is 1. The van der Waals surface area contributed by atoms with Gasteiger partial charge in [-0.15, -0.1) is 0 Å². The van der Waals surface area contributed by atoms with Gasteiger partial charge in [-0.2, -0.15) is 13.2 Å². The molecule has 0 aliphatic heterocycles. The third-order valence-corrected chi connectivity index (χ3v) is 5.48. The Morgan fingerprint density at radius 2 is 1.48 bits per heavy atom. The normalized spacial score (nSPS) is 13.5. The number of hydrogen-bond donors (Lipinski definition) is 0. The third kappa shape index (κ3) is 7.89. The number of rotatable bonds is 10. The zero-order valence-corrected chi connectivity index (χ0v) is 18.5. The summed E-state index contributed by atoms with van der Waals surface area (Å²) in [6.07, 6.45) is -4.92. The summed E-state index contributed by atoms with van der Waals surface area (Å²) in [6.45, 7) is 4.43. The highest BCUT2D eigenvalue weighted by Crippen LogP contribution is 2.29. The Bertz CT molecular complexity index is 823. The van der Waals surface area contributed by atoms with Crippen molar-refractivity contribution in [2.45, 2.75) is 45.4 Å². The van der Waals surface area contributed by atoms with E-state index >= 15 is 0 Å². The van der Waals surface area contributed by atoms with Crippen molar-refractivity contribution < 1.29 is 31.2 Å². The number of quaternary nitrogens is 1. The van der Waals surface area contributed by atoms with E-state index in [0.717, 1.165) is 16.7 Å². The lowest BCUT2D eigenvalue weighted by atomic mass is 9.97. The van der Waals surface area contributed by atoms with Crippen LogP contribution >= 0.6 is 0 Å². The molecule has 172 valence electrons. The van der Waals surface area contributed by atoms with Crippen molar-refractivity contribution in [1.82, 2.24) is 0 Å². The molecule has 31 heavy (non-hydrogen) atoms. The molecule has 1 unspecified atom stereocenters. The number of ether oxygens (including phenoxy) is 1. The van der Waals surface area contributed by atoms with Crippen LogP contribution in [0.25, 0.3) is 0 Å². The van der Waals surface area contributed by atoms with E-state index < -0.39 is 30.3 Å². The molecule has 2 aromatic carbocycles. The van der Waals surface area contributed by atoms with Crippen molar-refractivity contribution in [3.8, 4) is 0 Å². The van der Waals surface area contributed by atoms with Gasteiger partial charge in [-0.1, -0.05) is 24.3 Å². The average Bonchev–Trinajstić information content (AvgIpc) is 2.64. The summed E-state index contributed by atoms with van der Waals surface area (Å²) >= 11 is 0. The lowest BCUT2D eigenvalue weighted by Crippen LogP contribution is -2.45. The van der Waals surface area contributed by atoms with Gasteiger partial charge in [0, 0.05) is 12.2 Å². The fourth-order valence-corrected chi connectivity index (χ4v) is 3.78. The molecule has 0 aliphatic rings. The van der Waals surface area contributed by atoms with Gasteiger partial charge in [-0.3, -0.25) is 0 Å². The van der Waals surface area contributed by atoms with Gasteiger partial charge in [-0.05, 0) is 55.5 Å². The Balaban J connectivity index is 2.11. The van der Waals surface area contributed by atoms with Crippen molar-refractivity contribution in [2.24, 2.45) is 0 Å². The monoisotopic (exact) mass is 444 g/mol.